The van der Waals surface area contributed by atoms with E-state index in [9.17, 15) is 0 Å². The molecule has 12 aromatic heterocycles. The Kier molecular flexibility index (Phi) is 31.4. The molecule has 0 aliphatic carbocycles. The molecule has 12 nitrogen and oxygen atoms in total. The van der Waals surface area contributed by atoms with E-state index in [0.29, 0.717) is 0 Å². The molecule has 24 rings (SSSR count). The van der Waals surface area contributed by atoms with Crippen LogP contribution in [0.3, 0.4) is 0 Å². The van der Waals surface area contributed by atoms with Gasteiger partial charge in [-0.1, -0.05) is 146 Å². The predicted molar refractivity (Wildman–Crippen MR) is 585 cm³/mol. The molecule has 144 heavy (non-hydrogen) atoms. The molecule has 704 valence electrons. The second-order valence-electron chi connectivity index (χ2n) is 36.6. The number of nitrogens with zero attached hydrogens (tertiary/aromatic N) is 12. The first-order chi connectivity index (χ1) is 68.4. The van der Waals surface area contributed by atoms with Crippen molar-refractivity contribution in [3.05, 3.63) is 458 Å². The van der Waals surface area contributed by atoms with Gasteiger partial charge in [0.15, 0.2) is 0 Å². The van der Waals surface area contributed by atoms with E-state index in [0.717, 1.165) is 173 Å². The second-order valence-corrected chi connectivity index (χ2v) is 36.6. The summed E-state index contributed by atoms with van der Waals surface area (Å²) in [7, 11) is 0. The molecule has 12 aromatic carbocycles. The summed E-state index contributed by atoms with van der Waals surface area (Å²) >= 11 is 0. The van der Waals surface area contributed by atoms with Crippen molar-refractivity contribution in [3.63, 3.8) is 0 Å². The summed E-state index contributed by atoms with van der Waals surface area (Å²) in [4.78, 5) is 37.4. The molecule has 0 amide bonds. The molecule has 0 spiro atoms. The van der Waals surface area contributed by atoms with Crippen molar-refractivity contribution in [2.45, 2.75) is 82.7 Å². The predicted octanol–water partition coefficient (Wildman–Crippen LogP) is 22.8. The second kappa shape index (κ2) is 44.5. The van der Waals surface area contributed by atoms with E-state index < -0.39 is 0 Å². The molecule has 0 fully saturated rings. The first-order valence-electron chi connectivity index (χ1n) is 47.7. The quantitative estimate of drug-likeness (QED) is 0.0692. The Morgan fingerprint density at radius 2 is 0.562 bits per heavy atom. The molecule has 20 heteroatoms. The monoisotopic (exact) mass is 2580 g/mol. The van der Waals surface area contributed by atoms with Gasteiger partial charge in [-0.15, -0.1) is 48.5 Å². The molecule has 0 radical (unpaired) electrons. The third-order valence-corrected chi connectivity index (χ3v) is 26.8. The molecule has 12 heterocycles. The van der Waals surface area contributed by atoms with E-state index in [4.69, 9.17) is 19.9 Å². The van der Waals surface area contributed by atoms with Crippen LogP contribution in [0.1, 0.15) is 44.6 Å². The third-order valence-electron chi connectivity index (χ3n) is 26.8. The van der Waals surface area contributed by atoms with Gasteiger partial charge in [-0.2, -0.15) is 119 Å². The number of benzene rings is 12. The van der Waals surface area contributed by atoms with E-state index in [2.05, 4.69) is 442 Å². The van der Waals surface area contributed by atoms with Crippen LogP contribution >= 0.6 is 0 Å². The number of aromatic nitrogens is 12. The number of rotatable bonds is 16. The molecular weight excluding hydrogens is 2480 g/mol. The normalized spacial score (nSPS) is 11.0. The van der Waals surface area contributed by atoms with Crippen molar-refractivity contribution in [1.29, 1.82) is 0 Å². The molecular formula is C124H96B4N12Pt4. The zero-order valence-corrected chi connectivity index (χ0v) is 90.7. The van der Waals surface area contributed by atoms with Gasteiger partial charge < -0.3 is 18.3 Å². The minimum Gasteiger partial charge on any atom is -0.314 e. The van der Waals surface area contributed by atoms with Crippen LogP contribution in [0.2, 0.25) is 27.3 Å². The maximum Gasteiger partial charge on any atom is 2.00 e. The number of fused-ring (bicyclic) bond motifs is 12. The van der Waals surface area contributed by atoms with Crippen molar-refractivity contribution in [2.75, 3.05) is 0 Å². The largest absolute Gasteiger partial charge is 2.00 e. The number of hydrogen-bond donors (Lipinski definition) is 0. The molecule has 0 atom stereocenters. The average molecular weight is 2580 g/mol. The Labute approximate surface area is 900 Å². The van der Waals surface area contributed by atoms with E-state index in [1.807, 2.05) is 92.8 Å². The van der Waals surface area contributed by atoms with Crippen molar-refractivity contribution in [3.8, 4) is 67.8 Å². The minimum absolute atomic E-state index is 0. The van der Waals surface area contributed by atoms with Gasteiger partial charge in [0.2, 0.25) is 26.9 Å². The van der Waals surface area contributed by atoms with E-state index >= 15 is 0 Å². The molecule has 0 bridgehead atoms. The number of pyridine rings is 8. The summed E-state index contributed by atoms with van der Waals surface area (Å²) in [6.07, 6.45) is 13.1. The molecule has 0 saturated heterocycles. The molecule has 0 saturated carbocycles. The standard InChI is InChI=1S/4C31H24BN3.4Pt/c1-21-15-17-33-30(18-21)35-28-12-5-4-11-26(28)27-14-13-24(20-29(27)35)23-9-6-10-25(19-23)32(3)31-22(2)8-7-16-34-31;1-21-15-17-33-30(18-21)32(3)25-10-6-9-23(19-25)24-13-14-27-26-11-4-5-12-28(26)35(29(27)20-24)31-22(2)8-7-16-34-31;1-21-16-17-33-30(18-21)32(3)25-10-7-9-23(19-25)24-14-15-27-26-11-4-5-12-28(26)35(29(27)20-24)31-13-6-8-22(2)34-31;1-21-15-16-33-30(17-21)32(3)25-8-6-7-23(18-25)24-12-13-27-26-9-4-5-10-28(26)35(29(27)19-24)31-14-11-22(2)20-34-31;;;;/h3*4-18H,1-3H3;4-17,20H,1-3H3;;;;/q4*-2;4*+2. The Morgan fingerprint density at radius 3 is 0.938 bits per heavy atom. The minimum atomic E-state index is 0. The SMILES string of the molecule is CB(c1[c-]c(-c2[c-]c3c(cc2)c2ccccc2n3-c2cc(C)ccn2)ccc1)c1ncccc1C.CB(c1[c-]c(-c2[c-]c3c(cc2)c2ccccc2n3-c2ccc(C)cn2)ccc1)c1cc(C)ccn1.CB(c1[c-]c(-c2[c-]c3c(cc2)c2ccccc2n3-c2cccc(C)n2)ccc1)c1cc(C)ccn1.CB(c1[c-]c(-c2[c-]c3c(cc2)c2ccccc2n3-c2ncccc2C)ccc1)c1cc(C)ccn1.[Pt+2].[Pt+2].[Pt+2].[Pt+2]. The number of aryl methyl sites for hydroxylation is 8. The van der Waals surface area contributed by atoms with Crippen LogP contribution in [-0.2, 0) is 84.3 Å². The van der Waals surface area contributed by atoms with Crippen LogP contribution < -0.4 is 44.2 Å². The van der Waals surface area contributed by atoms with Gasteiger partial charge in [-0.3, -0.25) is 19.9 Å². The van der Waals surface area contributed by atoms with Crippen molar-refractivity contribution >= 4 is 158 Å². The number of para-hydroxylation sites is 4. The topological polar surface area (TPSA) is 123 Å². The fourth-order valence-corrected chi connectivity index (χ4v) is 19.3. The summed E-state index contributed by atoms with van der Waals surface area (Å²) in [6.45, 7) is 26.1. The zero-order chi connectivity index (χ0) is 95.8. The summed E-state index contributed by atoms with van der Waals surface area (Å²) in [5.41, 5.74) is 34.8. The Bertz CT molecular complexity index is 8840. The molecule has 24 aromatic rings. The average Bonchev–Trinajstić information content (AvgIpc) is 1.59. The van der Waals surface area contributed by atoms with Crippen molar-refractivity contribution in [2.24, 2.45) is 0 Å². The van der Waals surface area contributed by atoms with Gasteiger partial charge in [0, 0.05) is 93.5 Å². The fraction of sp³-hybridized carbons (Fsp3) is 0.0968. The Morgan fingerprint density at radius 1 is 0.222 bits per heavy atom. The van der Waals surface area contributed by atoms with Crippen molar-refractivity contribution < 1.29 is 84.3 Å². The Balaban J connectivity index is 0.000000130. The number of hydrogen-bond acceptors (Lipinski definition) is 8. The van der Waals surface area contributed by atoms with Crippen LogP contribution in [0.4, 0.5) is 0 Å². The van der Waals surface area contributed by atoms with E-state index in [1.54, 1.807) is 0 Å². The summed E-state index contributed by atoms with van der Waals surface area (Å²) < 4.78 is 8.86. The maximum atomic E-state index is 4.82. The molecule has 0 aliphatic heterocycles. The van der Waals surface area contributed by atoms with Crippen LogP contribution in [0.5, 0.6) is 0 Å². The van der Waals surface area contributed by atoms with Crippen LogP contribution in [0, 0.1) is 104 Å². The fourth-order valence-electron chi connectivity index (χ4n) is 19.3. The Hall–Kier alpha value is -13.9. The van der Waals surface area contributed by atoms with Gasteiger partial charge in [-0.25, -0.2) is 88.7 Å². The smallest absolute Gasteiger partial charge is 0.314 e. The van der Waals surface area contributed by atoms with Gasteiger partial charge in [0.05, 0.1) is 0 Å². The molecule has 0 aliphatic rings. The maximum absolute atomic E-state index is 4.82. The zero-order valence-electron chi connectivity index (χ0n) is 81.6. The van der Waals surface area contributed by atoms with Gasteiger partial charge in [0.25, 0.3) is 0 Å². The van der Waals surface area contributed by atoms with Gasteiger partial charge >= 0.3 is 84.3 Å². The van der Waals surface area contributed by atoms with E-state index in [1.165, 1.54) is 70.9 Å². The first-order valence-corrected chi connectivity index (χ1v) is 47.7. The first kappa shape index (κ1) is 102. The van der Waals surface area contributed by atoms with Crippen molar-refractivity contribution in [1.82, 2.24) is 58.1 Å². The van der Waals surface area contributed by atoms with Gasteiger partial charge in [0.1, 0.15) is 23.3 Å². The summed E-state index contributed by atoms with van der Waals surface area (Å²) in [6, 6.07) is 141. The van der Waals surface area contributed by atoms with Crippen LogP contribution in [0.15, 0.2) is 365 Å². The molecule has 0 N–H and O–H groups in total. The third kappa shape index (κ3) is 20.7. The van der Waals surface area contributed by atoms with Gasteiger partial charge in [-0.05, 0) is 241 Å². The summed E-state index contributed by atoms with van der Waals surface area (Å²) in [5, 5.41) is 9.47. The molecule has 0 unspecified atom stereocenters. The van der Waals surface area contributed by atoms with E-state index in [-0.39, 0.29) is 111 Å². The van der Waals surface area contributed by atoms with Crippen LogP contribution in [0.25, 0.3) is 155 Å². The summed E-state index contributed by atoms with van der Waals surface area (Å²) in [5.74, 6) is 3.64. The van der Waals surface area contributed by atoms with Crippen LogP contribution in [-0.4, -0.2) is 85.0 Å².